The van der Waals surface area contributed by atoms with Gasteiger partial charge in [-0.15, -0.1) is 0 Å². The van der Waals surface area contributed by atoms with Crippen LogP contribution in [-0.4, -0.2) is 137 Å². The fourth-order valence-electron chi connectivity index (χ4n) is 8.31. The maximum atomic E-state index is 14.0. The Hall–Kier alpha value is -5.54. The van der Waals surface area contributed by atoms with E-state index in [1.54, 1.807) is 57.2 Å². The van der Waals surface area contributed by atoms with Crippen LogP contribution < -0.4 is 0 Å². The van der Waals surface area contributed by atoms with Gasteiger partial charge in [-0.3, -0.25) is 4.79 Å². The first-order chi connectivity index (χ1) is 34.0. The fourth-order valence-corrected chi connectivity index (χ4v) is 8.31. The molecule has 2 aromatic rings. The molecule has 15 atom stereocenters. The highest BCUT2D eigenvalue weighted by molar-refractivity contribution is 5.90. The van der Waals surface area contributed by atoms with Gasteiger partial charge < -0.3 is 52.1 Å². The van der Waals surface area contributed by atoms with Gasteiger partial charge in [0.15, 0.2) is 31.1 Å². The summed E-state index contributed by atoms with van der Waals surface area (Å²) in [4.78, 5) is 48.8. The Morgan fingerprint density at radius 1 is 0.529 bits per heavy atom. The molecule has 0 N–H and O–H groups in total. The first-order valence-electron chi connectivity index (χ1n) is 23.8. The van der Waals surface area contributed by atoms with E-state index >= 15 is 0 Å². The first kappa shape index (κ1) is 55.4. The molecule has 0 radical (unpaired) electrons. The predicted octanol–water partition coefficient (Wildman–Crippen LogP) is 8.60. The lowest BCUT2D eigenvalue weighted by molar-refractivity contribution is -0.368. The lowest BCUT2D eigenvalue weighted by Crippen LogP contribution is -2.66. The van der Waals surface area contributed by atoms with Crippen molar-refractivity contribution in [2.75, 3.05) is 26.9 Å². The molecule has 3 aliphatic heterocycles. The van der Waals surface area contributed by atoms with Gasteiger partial charge in [-0.1, -0.05) is 84.9 Å². The molecular formula is C47H65N9O14. The van der Waals surface area contributed by atoms with Crippen molar-refractivity contribution in [1.29, 1.82) is 0 Å². The molecule has 23 heteroatoms. The summed E-state index contributed by atoms with van der Waals surface area (Å²) in [6.45, 7) is 9.58. The van der Waals surface area contributed by atoms with Gasteiger partial charge in [0.05, 0.1) is 54.7 Å². The van der Waals surface area contributed by atoms with Crippen LogP contribution in [0.15, 0.2) is 76.0 Å². The van der Waals surface area contributed by atoms with E-state index in [1.807, 2.05) is 13.8 Å². The molecule has 0 aliphatic carbocycles. The number of esters is 3. The van der Waals surface area contributed by atoms with Crippen LogP contribution in [0.5, 0.6) is 0 Å². The number of hydrogen-bond acceptors (Lipinski definition) is 17. The summed E-state index contributed by atoms with van der Waals surface area (Å²) < 4.78 is 69.5. The quantitative estimate of drug-likeness (QED) is 0.0213. The molecule has 0 saturated carbocycles. The number of hydrogen-bond donors (Lipinski definition) is 0. The number of carbonyl (C=O) groups excluding carboxylic acids is 3. The van der Waals surface area contributed by atoms with Crippen LogP contribution >= 0.6 is 0 Å². The summed E-state index contributed by atoms with van der Waals surface area (Å²) in [6.07, 6.45) is -9.75. The SMILES string of the molecule is CCCCOC1[C@H](N=[N+]=[N-])C(C)O[C@H](OC2[C@H](N=[N+]=[N-])C(C)O[C@H](OCCCCCC(=O)OC)[C@@H]2OCCCC)[C@@H]1O[C@H]1OC(C)[C@@H](N=[N+]=[N-])C(OC(=O)c2ccccc2)[C@H]1OC(=O)c1ccccc1. The number of benzene rings is 2. The van der Waals surface area contributed by atoms with Gasteiger partial charge in [-0.2, -0.15) is 0 Å². The van der Waals surface area contributed by atoms with E-state index in [0.29, 0.717) is 32.1 Å². The number of carbonyl (C=O) groups is 3. The summed E-state index contributed by atoms with van der Waals surface area (Å²) in [5.74, 6) is -1.97. The van der Waals surface area contributed by atoms with Gasteiger partial charge in [0.1, 0.15) is 24.4 Å². The minimum Gasteiger partial charge on any atom is -0.469 e. The second kappa shape index (κ2) is 29.0. The van der Waals surface area contributed by atoms with E-state index in [9.17, 15) is 31.0 Å². The fraction of sp³-hybridized carbons (Fsp3) is 0.681. The topological polar surface area (TPSA) is 299 Å². The van der Waals surface area contributed by atoms with E-state index in [0.717, 1.165) is 12.8 Å². The Morgan fingerprint density at radius 3 is 1.49 bits per heavy atom. The van der Waals surface area contributed by atoms with Gasteiger partial charge in [0, 0.05) is 41.0 Å². The molecule has 382 valence electrons. The number of azide groups is 3. The normalized spacial score (nSPS) is 30.6. The summed E-state index contributed by atoms with van der Waals surface area (Å²) in [5, 5.41) is 12.1. The average Bonchev–Trinajstić information content (AvgIpc) is 3.36. The number of ether oxygens (including phenoxy) is 11. The Labute approximate surface area is 406 Å². The van der Waals surface area contributed by atoms with E-state index in [1.165, 1.54) is 31.4 Å². The molecule has 2 aromatic carbocycles. The van der Waals surface area contributed by atoms with Crippen molar-refractivity contribution < 1.29 is 66.5 Å². The molecule has 0 spiro atoms. The van der Waals surface area contributed by atoms with Gasteiger partial charge in [0.25, 0.3) is 0 Å². The van der Waals surface area contributed by atoms with Gasteiger partial charge in [-0.05, 0) is 87.3 Å². The third-order valence-electron chi connectivity index (χ3n) is 12.1. The smallest absolute Gasteiger partial charge is 0.338 e. The molecule has 0 amide bonds. The minimum atomic E-state index is -1.63. The Balaban J connectivity index is 1.59. The third-order valence-corrected chi connectivity index (χ3v) is 12.1. The van der Waals surface area contributed by atoms with E-state index in [-0.39, 0.29) is 43.3 Å². The highest BCUT2D eigenvalue weighted by Gasteiger charge is 2.56. The third kappa shape index (κ3) is 15.2. The van der Waals surface area contributed by atoms with E-state index in [4.69, 9.17) is 52.1 Å². The van der Waals surface area contributed by atoms with Crippen LogP contribution in [0.25, 0.3) is 31.3 Å². The van der Waals surface area contributed by atoms with Crippen LogP contribution in [0.1, 0.15) is 107 Å². The molecule has 0 bridgehead atoms. The van der Waals surface area contributed by atoms with Crippen molar-refractivity contribution >= 4 is 17.9 Å². The van der Waals surface area contributed by atoms with Gasteiger partial charge in [0.2, 0.25) is 0 Å². The van der Waals surface area contributed by atoms with Crippen molar-refractivity contribution in [3.05, 3.63) is 103 Å². The molecular weight excluding hydrogens is 915 g/mol. The Kier molecular flexibility index (Phi) is 22.9. The Bertz CT molecular complexity index is 2090. The zero-order valence-electron chi connectivity index (χ0n) is 40.5. The number of rotatable bonds is 26. The average molecular weight is 980 g/mol. The van der Waals surface area contributed by atoms with Gasteiger partial charge >= 0.3 is 17.9 Å². The largest absolute Gasteiger partial charge is 0.469 e. The molecule has 0 aromatic heterocycles. The molecule has 3 aliphatic rings. The zero-order chi connectivity index (χ0) is 50.4. The molecule has 70 heavy (non-hydrogen) atoms. The van der Waals surface area contributed by atoms with Crippen molar-refractivity contribution in [2.24, 2.45) is 15.3 Å². The maximum Gasteiger partial charge on any atom is 0.338 e. The molecule has 3 fully saturated rings. The summed E-state index contributed by atoms with van der Waals surface area (Å²) in [7, 11) is 1.34. The lowest BCUT2D eigenvalue weighted by atomic mass is 9.94. The second-order valence-electron chi connectivity index (χ2n) is 17.0. The van der Waals surface area contributed by atoms with Crippen molar-refractivity contribution in [3.8, 4) is 0 Å². The van der Waals surface area contributed by atoms with Crippen LogP contribution in [0.2, 0.25) is 0 Å². The first-order valence-corrected chi connectivity index (χ1v) is 23.8. The van der Waals surface area contributed by atoms with Crippen LogP contribution in [0, 0.1) is 0 Å². The highest BCUT2D eigenvalue weighted by Crippen LogP contribution is 2.38. The molecule has 6 unspecified atom stereocenters. The molecule has 5 rings (SSSR count). The van der Waals surface area contributed by atoms with E-state index in [2.05, 4.69) is 30.1 Å². The van der Waals surface area contributed by atoms with E-state index < -0.39 is 104 Å². The predicted molar refractivity (Wildman–Crippen MR) is 249 cm³/mol. The van der Waals surface area contributed by atoms with Crippen LogP contribution in [0.4, 0.5) is 0 Å². The molecule has 23 nitrogen and oxygen atoms in total. The Morgan fingerprint density at radius 2 is 0.971 bits per heavy atom. The standard InChI is InChI=1S/C47H65N9O14/c1-7-9-25-61-37-34(51-54-48)28(3)65-46(69-38-35(52-55-49)29(4)64-45(40(38)62-26-10-8-2)63-27-19-13-18-24-33(57)60-6)41(37)70-47-42(68-44(59)32-22-16-12-17-23-32)39(36(53-56-50)30(5)66-47)67-43(58)31-20-14-11-15-21-31/h11-12,14-17,20-23,28-30,34-42,45-47H,7-10,13,18-19,24-27H2,1-6H3/t28?,29?,30?,34-,35-,36-,37?,38?,39?,40-,41-,42-,45+,46-,47-/m1/s1. The second-order valence-corrected chi connectivity index (χ2v) is 17.0. The van der Waals surface area contributed by atoms with Crippen molar-refractivity contribution in [1.82, 2.24) is 0 Å². The number of unbranched alkanes of at least 4 members (excludes halogenated alkanes) is 4. The highest BCUT2D eigenvalue weighted by atomic mass is 16.8. The van der Waals surface area contributed by atoms with Crippen LogP contribution in [-0.2, 0) is 56.9 Å². The monoisotopic (exact) mass is 979 g/mol. The van der Waals surface area contributed by atoms with Crippen molar-refractivity contribution in [3.63, 3.8) is 0 Å². The van der Waals surface area contributed by atoms with Crippen molar-refractivity contribution in [2.45, 2.75) is 178 Å². The summed E-state index contributed by atoms with van der Waals surface area (Å²) in [5.41, 5.74) is 29.8. The van der Waals surface area contributed by atoms with Crippen LogP contribution in [0.3, 0.4) is 0 Å². The minimum absolute atomic E-state index is 0.137. The number of nitrogens with zero attached hydrogens (tertiary/aromatic N) is 9. The van der Waals surface area contributed by atoms with Gasteiger partial charge in [-0.25, -0.2) is 9.59 Å². The summed E-state index contributed by atoms with van der Waals surface area (Å²) >= 11 is 0. The lowest BCUT2D eigenvalue weighted by Gasteiger charge is -2.50. The summed E-state index contributed by atoms with van der Waals surface area (Å²) in [6, 6.07) is 12.8. The molecule has 3 heterocycles. The zero-order valence-corrected chi connectivity index (χ0v) is 40.5. The number of methoxy groups -OCH3 is 1. The molecule has 3 saturated heterocycles. The maximum absolute atomic E-state index is 14.0.